The van der Waals surface area contributed by atoms with Gasteiger partial charge in [-0.05, 0) is 7.05 Å². The molecule has 0 aliphatic carbocycles. The zero-order chi connectivity index (χ0) is 7.44. The third-order valence-electron chi connectivity index (χ3n) is 0.855. The van der Waals surface area contributed by atoms with E-state index in [1.165, 1.54) is 12.0 Å². The molecule has 9 radical (unpaired) electrons. The molecule has 0 saturated carbocycles. The van der Waals surface area contributed by atoms with E-state index in [1.807, 2.05) is 0 Å². The quantitative estimate of drug-likeness (QED) is 0.378. The molecule has 0 atom stereocenters. The highest BCUT2D eigenvalue weighted by atomic mass is 15.0. The lowest BCUT2D eigenvalue weighted by Gasteiger charge is -2.17. The Labute approximate surface area is 62.1 Å². The lowest BCUT2D eigenvalue weighted by Crippen LogP contribution is -2.18. The van der Waals surface area contributed by atoms with Crippen molar-refractivity contribution in [1.82, 2.24) is 4.81 Å². The molecule has 0 aliphatic heterocycles. The van der Waals surface area contributed by atoms with Gasteiger partial charge in [-0.2, -0.15) is 5.37 Å². The van der Waals surface area contributed by atoms with Gasteiger partial charge in [0.05, 0.1) is 15.0 Å². The maximum absolute atomic E-state index is 5.31. The van der Waals surface area contributed by atoms with E-state index in [1.54, 1.807) is 7.05 Å². The van der Waals surface area contributed by atoms with Crippen molar-refractivity contribution in [2.24, 2.45) is 0 Å². The second-order valence-electron chi connectivity index (χ2n) is 1.62. The maximum atomic E-state index is 5.31. The van der Waals surface area contributed by atoms with Crippen LogP contribution in [0.5, 0.6) is 0 Å². The number of nitrogens with zero attached hydrogens (tertiary/aromatic N) is 1. The van der Waals surface area contributed by atoms with Crippen molar-refractivity contribution in [3.05, 3.63) is 11.0 Å². The van der Waals surface area contributed by atoms with Gasteiger partial charge in [0.2, 0.25) is 7.98 Å². The molecule has 35 valence electrons. The SMILES string of the molecule is [B][B]/C([B])=C(\[B])N([B])C. The summed E-state index contributed by atoms with van der Waals surface area (Å²) in [6.45, 7) is 0. The monoisotopic (exact) mass is 108 g/mol. The normalized spacial score (nSPS) is 12.1. The predicted molar refractivity (Wildman–Crippen MR) is 43.6 cm³/mol. The van der Waals surface area contributed by atoms with E-state index in [4.69, 9.17) is 31.4 Å². The number of rotatable bonds is 2. The van der Waals surface area contributed by atoms with Crippen molar-refractivity contribution >= 4 is 38.6 Å². The molecule has 0 aromatic heterocycles. The summed E-state index contributed by atoms with van der Waals surface area (Å²) >= 11 is 0. The highest BCUT2D eigenvalue weighted by molar-refractivity contribution is 6.98. The van der Waals surface area contributed by atoms with Crippen LogP contribution in [0.4, 0.5) is 0 Å². The first-order valence-corrected chi connectivity index (χ1v) is 2.38. The average Bonchev–Trinajstić information content (AvgIpc) is 1.84. The first-order valence-electron chi connectivity index (χ1n) is 2.38. The molecule has 0 unspecified atom stereocenters. The molecule has 0 fully saturated rings. The Hall–Kier alpha value is -0.135. The minimum absolute atomic E-state index is 0.262. The average molecular weight is 107 g/mol. The van der Waals surface area contributed by atoms with Crippen molar-refractivity contribution in [2.75, 3.05) is 7.05 Å². The van der Waals surface area contributed by atoms with Gasteiger partial charge in [-0.1, -0.05) is 5.60 Å². The summed E-state index contributed by atoms with van der Waals surface area (Å²) < 4.78 is 0. The van der Waals surface area contributed by atoms with E-state index in [9.17, 15) is 0 Å². The van der Waals surface area contributed by atoms with Crippen LogP contribution >= 0.6 is 0 Å². The standard InChI is InChI=1S/C3H3B5N/c1-9(7)3(5)2(4)8-6/h1H3/b3-2+. The summed E-state index contributed by atoms with van der Waals surface area (Å²) in [6, 6.07) is 0. The molecule has 0 amide bonds. The Morgan fingerprint density at radius 2 is 1.89 bits per heavy atom. The van der Waals surface area contributed by atoms with Crippen LogP contribution in [0.3, 0.4) is 0 Å². The molecule has 1 nitrogen and oxygen atoms in total. The van der Waals surface area contributed by atoms with Crippen molar-refractivity contribution in [1.29, 1.82) is 0 Å². The molecule has 9 heavy (non-hydrogen) atoms. The minimum atomic E-state index is 0.262. The van der Waals surface area contributed by atoms with Crippen LogP contribution in [0, 0.1) is 0 Å². The zero-order valence-electron chi connectivity index (χ0n) is 5.33. The topological polar surface area (TPSA) is 3.24 Å². The smallest absolute Gasteiger partial charge is 0.224 e. The minimum Gasteiger partial charge on any atom is -0.440 e. The van der Waals surface area contributed by atoms with Crippen LogP contribution in [0.15, 0.2) is 11.0 Å². The van der Waals surface area contributed by atoms with E-state index in [0.717, 1.165) is 0 Å². The largest absolute Gasteiger partial charge is 0.440 e. The van der Waals surface area contributed by atoms with Crippen molar-refractivity contribution in [3.63, 3.8) is 0 Å². The van der Waals surface area contributed by atoms with Crippen LogP contribution in [0.2, 0.25) is 0 Å². The molecule has 0 aliphatic rings. The van der Waals surface area contributed by atoms with Gasteiger partial charge in [0.15, 0.2) is 0 Å². The molecule has 0 spiro atoms. The summed E-state index contributed by atoms with van der Waals surface area (Å²) in [7, 11) is 23.6. The molecular weight excluding hydrogens is 104 g/mol. The van der Waals surface area contributed by atoms with Gasteiger partial charge in [0, 0.05) is 7.74 Å². The highest BCUT2D eigenvalue weighted by Gasteiger charge is 1.93. The second kappa shape index (κ2) is 3.81. The molecular formula is C3H3B5N. The first kappa shape index (κ1) is 8.86. The zero-order valence-corrected chi connectivity index (χ0v) is 5.33. The van der Waals surface area contributed by atoms with Gasteiger partial charge in [0.1, 0.15) is 7.85 Å². The third-order valence-corrected chi connectivity index (χ3v) is 0.855. The summed E-state index contributed by atoms with van der Waals surface area (Å²) in [4.78, 5) is 1.19. The van der Waals surface area contributed by atoms with Crippen molar-refractivity contribution < 1.29 is 0 Å². The van der Waals surface area contributed by atoms with Crippen LogP contribution < -0.4 is 0 Å². The van der Waals surface area contributed by atoms with Gasteiger partial charge in [-0.15, -0.1) is 0 Å². The Morgan fingerprint density at radius 3 is 2.00 bits per heavy atom. The van der Waals surface area contributed by atoms with E-state index in [0.29, 0.717) is 0 Å². The molecule has 0 N–H and O–H groups in total. The Bertz CT molecular complexity index is 119. The summed E-state index contributed by atoms with van der Waals surface area (Å²) in [5.41, 5.74) is 0.262. The van der Waals surface area contributed by atoms with Gasteiger partial charge in [0.25, 0.3) is 0 Å². The van der Waals surface area contributed by atoms with Crippen LogP contribution in [-0.2, 0) is 0 Å². The second-order valence-corrected chi connectivity index (χ2v) is 1.62. The molecule has 0 saturated heterocycles. The molecule has 0 aromatic rings. The van der Waals surface area contributed by atoms with E-state index < -0.39 is 0 Å². The fourth-order valence-corrected chi connectivity index (χ4v) is 0.289. The molecule has 0 bridgehead atoms. The van der Waals surface area contributed by atoms with Gasteiger partial charge < -0.3 is 4.81 Å². The lowest BCUT2D eigenvalue weighted by atomic mass is 9.43. The van der Waals surface area contributed by atoms with Crippen molar-refractivity contribution in [3.8, 4) is 0 Å². The predicted octanol–water partition coefficient (Wildman–Crippen LogP) is -1.75. The van der Waals surface area contributed by atoms with Crippen LogP contribution in [0.1, 0.15) is 0 Å². The Kier molecular flexibility index (Phi) is 3.75. The Balaban J connectivity index is 4.10. The summed E-state index contributed by atoms with van der Waals surface area (Å²) in [6.07, 6.45) is 0. The maximum Gasteiger partial charge on any atom is 0.224 e. The number of hydrogen-bond acceptors (Lipinski definition) is 1. The fourth-order valence-electron chi connectivity index (χ4n) is 0.289. The fraction of sp³-hybridized carbons (Fsp3) is 0.333. The first-order chi connectivity index (χ1) is 4.09. The molecule has 0 rings (SSSR count). The number of hydrogen-bond donors (Lipinski definition) is 0. The van der Waals surface area contributed by atoms with Crippen molar-refractivity contribution in [2.45, 2.75) is 0 Å². The molecule has 0 heterocycles. The lowest BCUT2D eigenvalue weighted by molar-refractivity contribution is 0.727. The Morgan fingerprint density at radius 1 is 1.44 bits per heavy atom. The van der Waals surface area contributed by atoms with Crippen LogP contribution in [0.25, 0.3) is 0 Å². The summed E-state index contributed by atoms with van der Waals surface area (Å²) in [5.74, 6) is 0. The highest BCUT2D eigenvalue weighted by Crippen LogP contribution is 1.94. The van der Waals surface area contributed by atoms with Gasteiger partial charge in [-0.3, -0.25) is 0 Å². The molecule has 0 aromatic carbocycles. The van der Waals surface area contributed by atoms with Crippen LogP contribution in [-0.4, -0.2) is 50.4 Å². The van der Waals surface area contributed by atoms with Gasteiger partial charge in [-0.25, -0.2) is 0 Å². The summed E-state index contributed by atoms with van der Waals surface area (Å²) in [5, 5.41) is 0.278. The van der Waals surface area contributed by atoms with E-state index >= 15 is 0 Å². The third kappa shape index (κ3) is 2.78. The molecule has 6 heteroatoms. The van der Waals surface area contributed by atoms with E-state index in [-0.39, 0.29) is 11.0 Å². The van der Waals surface area contributed by atoms with Gasteiger partial charge >= 0.3 is 0 Å². The van der Waals surface area contributed by atoms with E-state index in [2.05, 4.69) is 0 Å².